The Labute approximate surface area is 175 Å². The second-order valence-corrected chi connectivity index (χ2v) is 8.43. The van der Waals surface area contributed by atoms with E-state index in [2.05, 4.69) is 31.9 Å². The Morgan fingerprint density at radius 2 is 1.90 bits per heavy atom. The van der Waals surface area contributed by atoms with Crippen molar-refractivity contribution < 1.29 is 9.32 Å². The van der Waals surface area contributed by atoms with Crippen molar-refractivity contribution in [3.63, 3.8) is 0 Å². The number of anilines is 1. The van der Waals surface area contributed by atoms with Crippen LogP contribution in [0.15, 0.2) is 17.2 Å². The maximum absolute atomic E-state index is 12.8. The van der Waals surface area contributed by atoms with E-state index in [0.29, 0.717) is 24.7 Å². The van der Waals surface area contributed by atoms with Crippen molar-refractivity contribution >= 4 is 22.9 Å². The van der Waals surface area contributed by atoms with E-state index in [0.717, 1.165) is 66.7 Å². The van der Waals surface area contributed by atoms with Crippen LogP contribution in [0.25, 0.3) is 11.2 Å². The van der Waals surface area contributed by atoms with E-state index in [9.17, 15) is 4.79 Å². The number of imidazole rings is 1. The number of hydrogen-bond donors (Lipinski definition) is 0. The molecule has 9 heteroatoms. The quantitative estimate of drug-likeness (QED) is 0.636. The molecule has 158 valence electrons. The Morgan fingerprint density at radius 1 is 1.13 bits per heavy atom. The van der Waals surface area contributed by atoms with Crippen LogP contribution in [0, 0.1) is 25.7 Å². The zero-order valence-corrected chi connectivity index (χ0v) is 17.7. The molecule has 2 aliphatic heterocycles. The average Bonchev–Trinajstić information content (AvgIpc) is 3.49. The number of aromatic nitrogens is 5. The SMILES string of the molecule is CCn1cnc2c(N3CC4CN(C(=O)CCc5c(C)noc5C)CC4C3)ncnc21. The molecule has 0 bridgehead atoms. The first-order valence-corrected chi connectivity index (χ1v) is 10.7. The topological polar surface area (TPSA) is 93.2 Å². The number of carbonyl (C=O) groups excluding carboxylic acids is 1. The number of fused-ring (bicyclic) bond motifs is 2. The molecule has 2 unspecified atom stereocenters. The van der Waals surface area contributed by atoms with Crippen molar-refractivity contribution in [2.45, 2.75) is 40.2 Å². The van der Waals surface area contributed by atoms with Crippen LogP contribution in [-0.2, 0) is 17.8 Å². The van der Waals surface area contributed by atoms with Crippen molar-refractivity contribution in [1.82, 2.24) is 29.6 Å². The highest BCUT2D eigenvalue weighted by molar-refractivity contribution is 5.83. The van der Waals surface area contributed by atoms with Gasteiger partial charge < -0.3 is 18.9 Å². The molecule has 30 heavy (non-hydrogen) atoms. The minimum Gasteiger partial charge on any atom is -0.361 e. The molecule has 5 rings (SSSR count). The lowest BCUT2D eigenvalue weighted by molar-refractivity contribution is -0.130. The van der Waals surface area contributed by atoms with E-state index in [1.165, 1.54) is 0 Å². The summed E-state index contributed by atoms with van der Waals surface area (Å²) >= 11 is 0. The molecule has 0 aromatic carbocycles. The monoisotopic (exact) mass is 409 g/mol. The van der Waals surface area contributed by atoms with E-state index >= 15 is 0 Å². The molecular formula is C21H27N7O2. The predicted octanol–water partition coefficient (Wildman–Crippen LogP) is 1.98. The highest BCUT2D eigenvalue weighted by atomic mass is 16.5. The number of hydrogen-bond acceptors (Lipinski definition) is 7. The Morgan fingerprint density at radius 3 is 2.57 bits per heavy atom. The van der Waals surface area contributed by atoms with Crippen LogP contribution in [0.3, 0.4) is 0 Å². The normalized spacial score (nSPS) is 21.0. The van der Waals surface area contributed by atoms with E-state index in [1.54, 1.807) is 6.33 Å². The molecule has 1 amide bonds. The van der Waals surface area contributed by atoms with Gasteiger partial charge in [0, 0.05) is 56.5 Å². The number of carbonyl (C=O) groups is 1. The van der Waals surface area contributed by atoms with Crippen molar-refractivity contribution in [3.8, 4) is 0 Å². The van der Waals surface area contributed by atoms with Crippen LogP contribution < -0.4 is 4.90 Å². The molecule has 9 nitrogen and oxygen atoms in total. The van der Waals surface area contributed by atoms with Crippen LogP contribution in [0.4, 0.5) is 5.82 Å². The summed E-state index contributed by atoms with van der Waals surface area (Å²) in [5, 5.41) is 3.98. The standard InChI is InChI=1S/C21H27N7O2/c1-4-26-12-24-19-20(26)22-11-23-21(19)28-9-15-7-27(8-16(15)10-28)18(29)6-5-17-13(2)25-30-14(17)3/h11-12,15-16H,4-10H2,1-3H3. The van der Waals surface area contributed by atoms with Crippen LogP contribution >= 0.6 is 0 Å². The minimum absolute atomic E-state index is 0.224. The van der Waals surface area contributed by atoms with E-state index < -0.39 is 0 Å². The maximum atomic E-state index is 12.8. The Kier molecular flexibility index (Phi) is 4.67. The lowest BCUT2D eigenvalue weighted by Gasteiger charge is -2.22. The number of aryl methyl sites for hydroxylation is 3. The van der Waals surface area contributed by atoms with Crippen molar-refractivity contribution in [3.05, 3.63) is 29.7 Å². The predicted molar refractivity (Wildman–Crippen MR) is 111 cm³/mol. The molecule has 5 heterocycles. The largest absolute Gasteiger partial charge is 0.361 e. The van der Waals surface area contributed by atoms with Crippen molar-refractivity contribution in [1.29, 1.82) is 0 Å². The molecule has 0 radical (unpaired) electrons. The number of nitrogens with zero attached hydrogens (tertiary/aromatic N) is 7. The van der Waals surface area contributed by atoms with Crippen molar-refractivity contribution in [2.24, 2.45) is 11.8 Å². The summed E-state index contributed by atoms with van der Waals surface area (Å²) in [6.45, 7) is 10.2. The van der Waals surface area contributed by atoms with Gasteiger partial charge >= 0.3 is 0 Å². The molecule has 0 saturated carbocycles. The zero-order valence-electron chi connectivity index (χ0n) is 17.7. The molecule has 3 aromatic rings. The fraction of sp³-hybridized carbons (Fsp3) is 0.571. The zero-order chi connectivity index (χ0) is 20.8. The molecule has 0 spiro atoms. The first-order chi connectivity index (χ1) is 14.5. The second kappa shape index (κ2) is 7.37. The van der Waals surface area contributed by atoms with Gasteiger partial charge in [-0.3, -0.25) is 4.79 Å². The Bertz CT molecular complexity index is 1050. The smallest absolute Gasteiger partial charge is 0.222 e. The molecular weight excluding hydrogens is 382 g/mol. The van der Waals surface area contributed by atoms with E-state index in [-0.39, 0.29) is 5.91 Å². The van der Waals surface area contributed by atoms with Gasteiger partial charge in [0.15, 0.2) is 17.0 Å². The highest BCUT2D eigenvalue weighted by Crippen LogP contribution is 2.35. The summed E-state index contributed by atoms with van der Waals surface area (Å²) in [6, 6.07) is 0. The fourth-order valence-electron chi connectivity index (χ4n) is 4.95. The third-order valence-electron chi connectivity index (χ3n) is 6.63. The minimum atomic E-state index is 0.224. The van der Waals surface area contributed by atoms with Gasteiger partial charge in [0.2, 0.25) is 5.91 Å². The lowest BCUT2D eigenvalue weighted by atomic mass is 10.0. The molecule has 3 aromatic heterocycles. The number of rotatable bonds is 5. The molecule has 0 aliphatic carbocycles. The van der Waals surface area contributed by atoms with Gasteiger partial charge in [-0.1, -0.05) is 5.16 Å². The summed E-state index contributed by atoms with van der Waals surface area (Å²) in [5.41, 5.74) is 3.70. The van der Waals surface area contributed by atoms with Gasteiger partial charge in [-0.05, 0) is 27.2 Å². The summed E-state index contributed by atoms with van der Waals surface area (Å²) in [5.74, 6) is 2.91. The molecule has 2 atom stereocenters. The van der Waals surface area contributed by atoms with Gasteiger partial charge in [-0.25, -0.2) is 15.0 Å². The number of amides is 1. The van der Waals surface area contributed by atoms with Crippen LogP contribution in [0.5, 0.6) is 0 Å². The van der Waals surface area contributed by atoms with Crippen LogP contribution in [0.2, 0.25) is 0 Å². The average molecular weight is 409 g/mol. The maximum Gasteiger partial charge on any atom is 0.222 e. The van der Waals surface area contributed by atoms with Crippen LogP contribution in [0.1, 0.15) is 30.4 Å². The lowest BCUT2D eigenvalue weighted by Crippen LogP contribution is -2.33. The third-order valence-corrected chi connectivity index (χ3v) is 6.63. The Hall–Kier alpha value is -2.97. The number of likely N-dealkylation sites (tertiary alicyclic amines) is 1. The Balaban J connectivity index is 1.22. The third kappa shape index (κ3) is 3.12. The second-order valence-electron chi connectivity index (χ2n) is 8.43. The molecule has 2 aliphatic rings. The molecule has 0 N–H and O–H groups in total. The summed E-state index contributed by atoms with van der Waals surface area (Å²) < 4.78 is 7.25. The van der Waals surface area contributed by atoms with Crippen LogP contribution in [-0.4, -0.2) is 61.7 Å². The van der Waals surface area contributed by atoms with Gasteiger partial charge in [0.25, 0.3) is 0 Å². The van der Waals surface area contributed by atoms with Gasteiger partial charge in [-0.15, -0.1) is 0 Å². The highest BCUT2D eigenvalue weighted by Gasteiger charge is 2.42. The van der Waals surface area contributed by atoms with E-state index in [1.807, 2.05) is 29.6 Å². The summed E-state index contributed by atoms with van der Waals surface area (Å²) in [4.78, 5) is 30.6. The van der Waals surface area contributed by atoms with Gasteiger partial charge in [-0.2, -0.15) is 0 Å². The molecule has 2 saturated heterocycles. The summed E-state index contributed by atoms with van der Waals surface area (Å²) in [7, 11) is 0. The molecule has 2 fully saturated rings. The van der Waals surface area contributed by atoms with Gasteiger partial charge in [0.1, 0.15) is 12.1 Å². The van der Waals surface area contributed by atoms with Gasteiger partial charge in [0.05, 0.1) is 12.0 Å². The fourth-order valence-corrected chi connectivity index (χ4v) is 4.95. The first kappa shape index (κ1) is 19.0. The van der Waals surface area contributed by atoms with E-state index in [4.69, 9.17) is 4.52 Å². The first-order valence-electron chi connectivity index (χ1n) is 10.7. The summed E-state index contributed by atoms with van der Waals surface area (Å²) in [6.07, 6.45) is 4.66. The van der Waals surface area contributed by atoms with Crippen molar-refractivity contribution in [2.75, 3.05) is 31.1 Å².